The van der Waals surface area contributed by atoms with Crippen LogP contribution in [0.25, 0.3) is 0 Å². The van der Waals surface area contributed by atoms with Gasteiger partial charge in [-0.05, 0) is 16.0 Å². The molecule has 3 rings (SSSR count). The zero-order valence-corrected chi connectivity index (χ0v) is 20.4. The third kappa shape index (κ3) is 6.08. The summed E-state index contributed by atoms with van der Waals surface area (Å²) in [6.07, 6.45) is -1.40. The number of rotatable bonds is 11. The number of carboxylic acids is 1. The van der Waals surface area contributed by atoms with Gasteiger partial charge >= 0.3 is 5.97 Å². The number of carboxylic acid groups (broad SMARTS) is 1. The van der Waals surface area contributed by atoms with Gasteiger partial charge in [0, 0.05) is 11.3 Å². The van der Waals surface area contributed by atoms with Crippen molar-refractivity contribution in [1.29, 1.82) is 0 Å². The number of likely N-dealkylation sites (tertiary alicyclic amines) is 1. The first kappa shape index (κ1) is 27.3. The van der Waals surface area contributed by atoms with Gasteiger partial charge in [-0.2, -0.15) is 21.0 Å². The van der Waals surface area contributed by atoms with Crippen LogP contribution in [0, 0.1) is 0 Å². The third-order valence-electron chi connectivity index (χ3n) is 4.76. The van der Waals surface area contributed by atoms with Crippen LogP contribution in [-0.4, -0.2) is 89.5 Å². The highest BCUT2D eigenvalue weighted by Crippen LogP contribution is 2.31. The monoisotopic (exact) mass is 558 g/mol. The van der Waals surface area contributed by atoms with Gasteiger partial charge in [0.25, 0.3) is 21.9 Å². The van der Waals surface area contributed by atoms with Crippen molar-refractivity contribution in [2.75, 3.05) is 5.75 Å². The molecule has 0 aliphatic carbocycles. The van der Waals surface area contributed by atoms with Crippen molar-refractivity contribution >= 4 is 58.6 Å². The number of β-lactam (4-membered cyclic amide) rings is 1. The summed E-state index contributed by atoms with van der Waals surface area (Å²) in [7, 11) is -4.49. The number of benzene rings is 1. The smallest absolute Gasteiger partial charge is 0.353 e. The molecule has 15 nitrogen and oxygen atoms in total. The minimum Gasteiger partial charge on any atom is -0.477 e. The van der Waals surface area contributed by atoms with Crippen LogP contribution in [0.15, 0.2) is 46.8 Å². The summed E-state index contributed by atoms with van der Waals surface area (Å²) in [5, 5.41) is 31.0. The molecule has 1 aromatic carbocycles. The Balaban J connectivity index is 1.75. The quantitative estimate of drug-likeness (QED) is 0.0528. The first-order valence-corrected chi connectivity index (χ1v) is 12.9. The number of hydrogen-bond acceptors (Lipinski definition) is 12. The summed E-state index contributed by atoms with van der Waals surface area (Å²) in [5.74, 6) is -4.81. The molecule has 2 heterocycles. The number of carbonyl (C=O) groups is 4. The molecule has 1 saturated heterocycles. The second-order valence-corrected chi connectivity index (χ2v) is 10.1. The van der Waals surface area contributed by atoms with Crippen molar-refractivity contribution in [2.24, 2.45) is 0 Å². The number of hydrogen-bond donors (Lipinski definition) is 5. The molecule has 1 aliphatic rings. The number of aliphatic carboxylic acids is 1. The molecule has 2 aromatic rings. The summed E-state index contributed by atoms with van der Waals surface area (Å²) >= 11 is 4.85. The molecule has 2 amide bonds. The van der Waals surface area contributed by atoms with Gasteiger partial charge in [-0.15, -0.1) is 5.10 Å². The Labute approximate surface area is 212 Å². The number of carbonyl (C=O) groups excluding carboxylic acids is 3. The number of aldehydes is 1. The number of nitrogens with one attached hydrogen (secondary N) is 1. The molecule has 0 spiro atoms. The lowest BCUT2D eigenvalue weighted by Crippen LogP contribution is -2.69. The number of tetrazole rings is 1. The normalized spacial score (nSPS) is 19.2. The lowest BCUT2D eigenvalue weighted by Gasteiger charge is -2.45. The number of aliphatic hydroxyl groups excluding tert-OH is 1. The zero-order valence-electron chi connectivity index (χ0n) is 17.9. The van der Waals surface area contributed by atoms with Crippen LogP contribution in [0.2, 0.25) is 0 Å². The molecule has 0 unspecified atom stereocenters. The minimum atomic E-state index is -4.49. The van der Waals surface area contributed by atoms with Crippen molar-refractivity contribution in [3.05, 3.63) is 47.2 Å². The average molecular weight is 559 g/mol. The van der Waals surface area contributed by atoms with Gasteiger partial charge in [0.15, 0.2) is 12.0 Å². The molecule has 1 aliphatic heterocycles. The molecule has 36 heavy (non-hydrogen) atoms. The molecule has 1 aromatic heterocycles. The van der Waals surface area contributed by atoms with E-state index < -0.39 is 68.3 Å². The molecular formula is C18H18N6O9S3. The van der Waals surface area contributed by atoms with E-state index >= 15 is 0 Å². The molecule has 192 valence electrons. The first-order valence-electron chi connectivity index (χ1n) is 9.75. The van der Waals surface area contributed by atoms with Crippen molar-refractivity contribution < 1.29 is 42.4 Å². The van der Waals surface area contributed by atoms with Crippen LogP contribution in [0.5, 0.6) is 0 Å². The van der Waals surface area contributed by atoms with Crippen molar-refractivity contribution in [3.8, 4) is 0 Å². The highest BCUT2D eigenvalue weighted by atomic mass is 32.2. The summed E-state index contributed by atoms with van der Waals surface area (Å²) in [5.41, 5.74) is -0.835. The Morgan fingerprint density at radius 2 is 1.94 bits per heavy atom. The van der Waals surface area contributed by atoms with E-state index in [1.165, 1.54) is 12.1 Å². The summed E-state index contributed by atoms with van der Waals surface area (Å²) in [6.45, 7) is 0. The van der Waals surface area contributed by atoms with Gasteiger partial charge < -0.3 is 15.5 Å². The lowest BCUT2D eigenvalue weighted by molar-refractivity contribution is -0.151. The molecule has 4 N–H and O–H groups in total. The fourth-order valence-corrected chi connectivity index (χ4v) is 4.93. The van der Waals surface area contributed by atoms with Crippen LogP contribution >= 0.6 is 24.4 Å². The molecule has 0 saturated carbocycles. The van der Waals surface area contributed by atoms with E-state index in [4.69, 9.17) is 4.55 Å². The van der Waals surface area contributed by atoms with Gasteiger partial charge in [-0.25, -0.2) is 9.48 Å². The largest absolute Gasteiger partial charge is 0.477 e. The fraction of sp³-hybridized carbons (Fsp3) is 0.278. The first-order chi connectivity index (χ1) is 16.9. The summed E-state index contributed by atoms with van der Waals surface area (Å²) < 4.78 is 31.8. The van der Waals surface area contributed by atoms with Crippen LogP contribution in [-0.2, 0) is 35.2 Å². The van der Waals surface area contributed by atoms with Gasteiger partial charge in [0.2, 0.25) is 5.16 Å². The standard InChI is InChI=1S/C18H18N6O9S3/c25-6-10(7-35-18-20-21-22-23(18)8-36(31,32)33)12(17(29)30)24-15(28)11(16(24)34)19-14(27)13(26)9-4-2-1-3-5-9/h1-6,11,13,16,26,34H,7-8H2,(H,19,27)(H,29,30)(H,31,32,33)/t11-,13-,16-/m1/s1. The maximum Gasteiger partial charge on any atom is 0.353 e. The van der Waals surface area contributed by atoms with E-state index in [-0.39, 0.29) is 17.0 Å². The molecule has 1 fully saturated rings. The maximum atomic E-state index is 12.7. The van der Waals surface area contributed by atoms with E-state index in [2.05, 4.69) is 33.5 Å². The second-order valence-electron chi connectivity index (χ2n) is 7.18. The van der Waals surface area contributed by atoms with Crippen molar-refractivity contribution in [2.45, 2.75) is 28.6 Å². The second kappa shape index (κ2) is 11.2. The van der Waals surface area contributed by atoms with Crippen LogP contribution in [0.3, 0.4) is 0 Å². The minimum absolute atomic E-state index is 0.158. The highest BCUT2D eigenvalue weighted by Gasteiger charge is 2.50. The Hall–Kier alpha value is -3.32. The number of aromatic nitrogens is 4. The van der Waals surface area contributed by atoms with Crippen LogP contribution in [0.1, 0.15) is 11.7 Å². The van der Waals surface area contributed by atoms with E-state index in [1.54, 1.807) is 18.2 Å². The number of thioether (sulfide) groups is 1. The maximum absolute atomic E-state index is 12.7. The van der Waals surface area contributed by atoms with Gasteiger partial charge in [-0.1, -0.05) is 42.1 Å². The number of aliphatic hydroxyl groups is 1. The van der Waals surface area contributed by atoms with Gasteiger partial charge in [-0.3, -0.25) is 23.8 Å². The van der Waals surface area contributed by atoms with E-state index in [1.807, 2.05) is 0 Å². The molecule has 18 heteroatoms. The molecule has 3 atom stereocenters. The van der Waals surface area contributed by atoms with Gasteiger partial charge in [0.05, 0.1) is 0 Å². The van der Waals surface area contributed by atoms with Gasteiger partial charge in [0.1, 0.15) is 23.4 Å². The number of nitrogens with zero attached hydrogens (tertiary/aromatic N) is 5. The number of amides is 2. The zero-order chi connectivity index (χ0) is 26.6. The predicted molar refractivity (Wildman–Crippen MR) is 124 cm³/mol. The average Bonchev–Trinajstić information content (AvgIpc) is 3.26. The number of thiol groups is 1. The lowest BCUT2D eigenvalue weighted by atomic mass is 10.0. The third-order valence-corrected chi connectivity index (χ3v) is 6.86. The van der Waals surface area contributed by atoms with E-state index in [9.17, 15) is 37.8 Å². The van der Waals surface area contributed by atoms with Crippen molar-refractivity contribution in [1.82, 2.24) is 30.4 Å². The van der Waals surface area contributed by atoms with E-state index in [0.717, 1.165) is 0 Å². The highest BCUT2D eigenvalue weighted by molar-refractivity contribution is 7.99. The Morgan fingerprint density at radius 1 is 1.28 bits per heavy atom. The molecular weight excluding hydrogens is 540 g/mol. The fourth-order valence-electron chi connectivity index (χ4n) is 3.10. The molecule has 0 bridgehead atoms. The SMILES string of the molecule is O=CC(CSc1nnnn1CS(=O)(=O)O)=C(C(=O)O)N1C(=O)[C@@H](NC(=O)[C@H](O)c2ccccc2)[C@H]1S. The Morgan fingerprint density at radius 3 is 2.50 bits per heavy atom. The van der Waals surface area contributed by atoms with Crippen LogP contribution in [0.4, 0.5) is 0 Å². The van der Waals surface area contributed by atoms with Crippen LogP contribution < -0.4 is 5.32 Å². The Bertz CT molecular complexity index is 1310. The Kier molecular flexibility index (Phi) is 8.46. The topological polar surface area (TPSA) is 222 Å². The summed E-state index contributed by atoms with van der Waals surface area (Å²) in [4.78, 5) is 49.4. The predicted octanol–water partition coefficient (Wildman–Crippen LogP) is -1.54. The summed E-state index contributed by atoms with van der Waals surface area (Å²) in [6, 6.07) is 6.62. The van der Waals surface area contributed by atoms with E-state index in [0.29, 0.717) is 21.3 Å². The molecule has 0 radical (unpaired) electrons. The van der Waals surface area contributed by atoms with Crippen molar-refractivity contribution in [3.63, 3.8) is 0 Å².